The van der Waals surface area contributed by atoms with Crippen molar-refractivity contribution < 1.29 is 0 Å². The second kappa shape index (κ2) is 8.02. The molecule has 0 aromatic heterocycles. The molecule has 0 heterocycles. The van der Waals surface area contributed by atoms with Gasteiger partial charge in [-0.05, 0) is 66.3 Å². The predicted molar refractivity (Wildman–Crippen MR) is 109 cm³/mol. The van der Waals surface area contributed by atoms with Crippen LogP contribution in [0.1, 0.15) is 44.2 Å². The van der Waals surface area contributed by atoms with E-state index in [4.69, 9.17) is 0 Å². The number of nitrogens with zero attached hydrogens (tertiary/aromatic N) is 1. The fourth-order valence-corrected chi connectivity index (χ4v) is 3.09. The summed E-state index contributed by atoms with van der Waals surface area (Å²) in [5, 5.41) is 0. The Morgan fingerprint density at radius 3 is 1.72 bits per heavy atom. The van der Waals surface area contributed by atoms with Crippen LogP contribution in [-0.4, -0.2) is 0 Å². The van der Waals surface area contributed by atoms with Gasteiger partial charge in [0.25, 0.3) is 0 Å². The molecule has 1 heteroatoms. The Morgan fingerprint density at radius 1 is 0.680 bits per heavy atom. The van der Waals surface area contributed by atoms with Gasteiger partial charge in [0.2, 0.25) is 0 Å². The third-order valence-electron chi connectivity index (χ3n) is 4.95. The Morgan fingerprint density at radius 2 is 1.20 bits per heavy atom. The van der Waals surface area contributed by atoms with Gasteiger partial charge < -0.3 is 4.90 Å². The number of anilines is 3. The van der Waals surface area contributed by atoms with Gasteiger partial charge in [-0.25, -0.2) is 0 Å². The lowest BCUT2D eigenvalue weighted by atomic mass is 9.98. The Hall–Kier alpha value is -2.54. The fourth-order valence-electron chi connectivity index (χ4n) is 3.09. The minimum absolute atomic E-state index is 0.600. The maximum Gasteiger partial charge on any atom is 0.0461 e. The summed E-state index contributed by atoms with van der Waals surface area (Å²) in [5.74, 6) is 0.600. The summed E-state index contributed by atoms with van der Waals surface area (Å²) in [4.78, 5) is 2.32. The van der Waals surface area contributed by atoms with Gasteiger partial charge >= 0.3 is 0 Å². The molecule has 0 N–H and O–H groups in total. The molecule has 3 aromatic rings. The van der Waals surface area contributed by atoms with Crippen molar-refractivity contribution in [2.24, 2.45) is 0 Å². The lowest BCUT2D eigenvalue weighted by molar-refractivity contribution is 0.733. The quantitative estimate of drug-likeness (QED) is 0.461. The molecule has 0 fully saturated rings. The van der Waals surface area contributed by atoms with Gasteiger partial charge in [0.1, 0.15) is 0 Å². The zero-order chi connectivity index (χ0) is 17.6. The first-order chi connectivity index (χ1) is 12.2. The molecule has 0 bridgehead atoms. The highest BCUT2D eigenvalue weighted by Gasteiger charge is 2.12. The van der Waals surface area contributed by atoms with Gasteiger partial charge in [-0.3, -0.25) is 0 Å². The van der Waals surface area contributed by atoms with Crippen LogP contribution in [0.4, 0.5) is 17.1 Å². The lowest BCUT2D eigenvalue weighted by Crippen LogP contribution is -2.10. The topological polar surface area (TPSA) is 3.24 Å². The molecule has 25 heavy (non-hydrogen) atoms. The zero-order valence-electron chi connectivity index (χ0n) is 15.4. The fraction of sp³-hybridized carbons (Fsp3) is 0.250. The SMILES string of the molecule is CCc1ccc(N(c2ccccc2)c2ccc(C(C)CC)cc2)cc1. The molecule has 0 aliphatic carbocycles. The van der Waals surface area contributed by atoms with E-state index in [1.165, 1.54) is 34.6 Å². The molecule has 3 aromatic carbocycles. The smallest absolute Gasteiger partial charge is 0.0461 e. The molecule has 0 saturated heterocycles. The van der Waals surface area contributed by atoms with E-state index < -0.39 is 0 Å². The third-order valence-corrected chi connectivity index (χ3v) is 4.95. The first-order valence-electron chi connectivity index (χ1n) is 9.27. The summed E-state index contributed by atoms with van der Waals surface area (Å²) in [6.45, 7) is 6.72. The number of para-hydroxylation sites is 1. The van der Waals surface area contributed by atoms with Crippen LogP contribution in [0.5, 0.6) is 0 Å². The number of benzene rings is 3. The van der Waals surface area contributed by atoms with Gasteiger partial charge in [-0.1, -0.05) is 63.2 Å². The molecule has 1 atom stereocenters. The van der Waals surface area contributed by atoms with E-state index in [2.05, 4.69) is 105 Å². The average molecular weight is 329 g/mol. The minimum atomic E-state index is 0.600. The minimum Gasteiger partial charge on any atom is -0.311 e. The van der Waals surface area contributed by atoms with Crippen molar-refractivity contribution >= 4 is 17.1 Å². The second-order valence-electron chi connectivity index (χ2n) is 6.59. The van der Waals surface area contributed by atoms with Crippen molar-refractivity contribution in [3.8, 4) is 0 Å². The van der Waals surface area contributed by atoms with E-state index in [0.717, 1.165) is 6.42 Å². The summed E-state index contributed by atoms with van der Waals surface area (Å²) >= 11 is 0. The maximum absolute atomic E-state index is 2.32. The first kappa shape index (κ1) is 17.3. The molecule has 1 unspecified atom stereocenters. The Bertz CT molecular complexity index is 773. The summed E-state index contributed by atoms with van der Waals surface area (Å²) in [6, 6.07) is 28.5. The van der Waals surface area contributed by atoms with Crippen molar-refractivity contribution in [2.75, 3.05) is 4.90 Å². The van der Waals surface area contributed by atoms with E-state index in [-0.39, 0.29) is 0 Å². The van der Waals surface area contributed by atoms with Gasteiger partial charge in [0.15, 0.2) is 0 Å². The Balaban J connectivity index is 2.02. The van der Waals surface area contributed by atoms with Crippen LogP contribution in [0.15, 0.2) is 78.9 Å². The number of aryl methyl sites for hydroxylation is 1. The molecule has 0 radical (unpaired) electrons. The molecule has 1 nitrogen and oxygen atoms in total. The normalized spacial score (nSPS) is 12.0. The maximum atomic E-state index is 2.32. The summed E-state index contributed by atoms with van der Waals surface area (Å²) in [6.07, 6.45) is 2.23. The average Bonchev–Trinajstić information content (AvgIpc) is 2.69. The second-order valence-corrected chi connectivity index (χ2v) is 6.59. The van der Waals surface area contributed by atoms with Crippen LogP contribution in [0.25, 0.3) is 0 Å². The number of hydrogen-bond donors (Lipinski definition) is 0. The standard InChI is InChI=1S/C24H27N/c1-4-19(3)21-13-17-24(18-14-21)25(22-9-7-6-8-10-22)23-15-11-20(5-2)12-16-23/h6-19H,4-5H2,1-3H3. The summed E-state index contributed by atoms with van der Waals surface area (Å²) in [7, 11) is 0. The number of hydrogen-bond acceptors (Lipinski definition) is 1. The number of rotatable bonds is 6. The monoisotopic (exact) mass is 329 g/mol. The van der Waals surface area contributed by atoms with Crippen molar-refractivity contribution in [1.29, 1.82) is 0 Å². The molecule has 0 aliphatic heterocycles. The van der Waals surface area contributed by atoms with Crippen LogP contribution in [0.3, 0.4) is 0 Å². The highest BCUT2D eigenvalue weighted by molar-refractivity contribution is 5.76. The highest BCUT2D eigenvalue weighted by atomic mass is 15.1. The van der Waals surface area contributed by atoms with Crippen LogP contribution in [-0.2, 0) is 6.42 Å². The molecule has 3 rings (SSSR count). The van der Waals surface area contributed by atoms with Gasteiger partial charge in [-0.2, -0.15) is 0 Å². The largest absolute Gasteiger partial charge is 0.311 e. The molecule has 0 aliphatic rings. The van der Waals surface area contributed by atoms with E-state index in [9.17, 15) is 0 Å². The summed E-state index contributed by atoms with van der Waals surface area (Å²) < 4.78 is 0. The third kappa shape index (κ3) is 3.93. The van der Waals surface area contributed by atoms with E-state index >= 15 is 0 Å². The first-order valence-corrected chi connectivity index (χ1v) is 9.27. The van der Waals surface area contributed by atoms with Crippen LogP contribution < -0.4 is 4.90 Å². The lowest BCUT2D eigenvalue weighted by Gasteiger charge is -2.26. The molecule has 0 saturated carbocycles. The van der Waals surface area contributed by atoms with E-state index in [1.54, 1.807) is 0 Å². The summed E-state index contributed by atoms with van der Waals surface area (Å²) in [5.41, 5.74) is 6.34. The van der Waals surface area contributed by atoms with Crippen molar-refractivity contribution in [3.63, 3.8) is 0 Å². The zero-order valence-corrected chi connectivity index (χ0v) is 15.4. The van der Waals surface area contributed by atoms with Gasteiger partial charge in [0.05, 0.1) is 0 Å². The Kier molecular flexibility index (Phi) is 5.55. The molecule has 128 valence electrons. The molecule has 0 amide bonds. The van der Waals surface area contributed by atoms with Crippen molar-refractivity contribution in [1.82, 2.24) is 0 Å². The van der Waals surface area contributed by atoms with Crippen molar-refractivity contribution in [3.05, 3.63) is 90.0 Å². The van der Waals surface area contributed by atoms with E-state index in [1.807, 2.05) is 0 Å². The van der Waals surface area contributed by atoms with Crippen LogP contribution in [0, 0.1) is 0 Å². The predicted octanol–water partition coefficient (Wildman–Crippen LogP) is 7.23. The highest BCUT2D eigenvalue weighted by Crippen LogP contribution is 2.35. The van der Waals surface area contributed by atoms with Crippen LogP contribution in [0.2, 0.25) is 0 Å². The van der Waals surface area contributed by atoms with Crippen LogP contribution >= 0.6 is 0 Å². The molecular formula is C24H27N. The molecular weight excluding hydrogens is 302 g/mol. The van der Waals surface area contributed by atoms with Crippen molar-refractivity contribution in [2.45, 2.75) is 39.5 Å². The van der Waals surface area contributed by atoms with Gasteiger partial charge in [0, 0.05) is 17.1 Å². The Labute approximate surface area is 151 Å². The van der Waals surface area contributed by atoms with E-state index in [0.29, 0.717) is 5.92 Å². The molecule has 0 spiro atoms. The van der Waals surface area contributed by atoms with Gasteiger partial charge in [-0.15, -0.1) is 0 Å².